The molecule has 108 valence electrons. The maximum absolute atomic E-state index is 11.8. The molecule has 7 nitrogen and oxygen atoms in total. The van der Waals surface area contributed by atoms with Gasteiger partial charge in [0.15, 0.2) is 0 Å². The van der Waals surface area contributed by atoms with Crippen molar-refractivity contribution >= 4 is 28.6 Å². The standard InChI is InChI=1S/C14H14N4O3/c19-13-10(6-3-7-15-13)17-11-8-4-1-2-5-9(8)16-12(18-11)14(20)21/h1-2,4-5,10H,3,6-7H2,(H,15,19)(H,20,21)(H,16,17,18). The fourth-order valence-corrected chi connectivity index (χ4v) is 2.36. The molecule has 0 radical (unpaired) electrons. The van der Waals surface area contributed by atoms with Gasteiger partial charge < -0.3 is 15.7 Å². The molecular weight excluding hydrogens is 272 g/mol. The van der Waals surface area contributed by atoms with Gasteiger partial charge in [-0.15, -0.1) is 0 Å². The Morgan fingerprint density at radius 2 is 2.14 bits per heavy atom. The van der Waals surface area contributed by atoms with Crippen molar-refractivity contribution in [1.82, 2.24) is 15.3 Å². The number of para-hydroxylation sites is 1. The van der Waals surface area contributed by atoms with Crippen LogP contribution in [0.5, 0.6) is 0 Å². The summed E-state index contributed by atoms with van der Waals surface area (Å²) >= 11 is 0. The normalized spacial score (nSPS) is 18.3. The van der Waals surface area contributed by atoms with Gasteiger partial charge >= 0.3 is 5.97 Å². The molecule has 1 fully saturated rings. The van der Waals surface area contributed by atoms with Gasteiger partial charge in [-0.05, 0) is 25.0 Å². The van der Waals surface area contributed by atoms with E-state index in [2.05, 4.69) is 20.6 Å². The largest absolute Gasteiger partial charge is 0.475 e. The number of aromatic nitrogens is 2. The number of carboxylic acids is 1. The molecule has 2 heterocycles. The predicted molar refractivity (Wildman–Crippen MR) is 76.2 cm³/mol. The Hall–Kier alpha value is -2.70. The topological polar surface area (TPSA) is 104 Å². The van der Waals surface area contributed by atoms with Crippen molar-refractivity contribution < 1.29 is 14.7 Å². The lowest BCUT2D eigenvalue weighted by Crippen LogP contribution is -2.44. The van der Waals surface area contributed by atoms with Gasteiger partial charge in [0.1, 0.15) is 11.9 Å². The second kappa shape index (κ2) is 5.35. The van der Waals surface area contributed by atoms with E-state index in [1.807, 2.05) is 6.07 Å². The van der Waals surface area contributed by atoms with Crippen molar-refractivity contribution in [1.29, 1.82) is 0 Å². The fourth-order valence-electron chi connectivity index (χ4n) is 2.36. The summed E-state index contributed by atoms with van der Waals surface area (Å²) in [5, 5.41) is 15.6. The van der Waals surface area contributed by atoms with E-state index in [0.717, 1.165) is 6.42 Å². The zero-order valence-corrected chi connectivity index (χ0v) is 11.2. The molecule has 1 aliphatic heterocycles. The third-order valence-corrected chi connectivity index (χ3v) is 3.39. The predicted octanol–water partition coefficient (Wildman–Crippen LogP) is 1.02. The second-order valence-electron chi connectivity index (χ2n) is 4.85. The van der Waals surface area contributed by atoms with Crippen LogP contribution in [-0.2, 0) is 4.79 Å². The summed E-state index contributed by atoms with van der Waals surface area (Å²) in [7, 11) is 0. The van der Waals surface area contributed by atoms with E-state index in [1.54, 1.807) is 18.2 Å². The van der Waals surface area contributed by atoms with Crippen LogP contribution in [0.25, 0.3) is 10.9 Å². The molecule has 3 rings (SSSR count). The fraction of sp³-hybridized carbons (Fsp3) is 0.286. The highest BCUT2D eigenvalue weighted by molar-refractivity contribution is 5.95. The third-order valence-electron chi connectivity index (χ3n) is 3.39. The summed E-state index contributed by atoms with van der Waals surface area (Å²) in [6.45, 7) is 0.669. The molecule has 0 aliphatic carbocycles. The van der Waals surface area contributed by atoms with E-state index in [-0.39, 0.29) is 11.7 Å². The molecule has 7 heteroatoms. The lowest BCUT2D eigenvalue weighted by Gasteiger charge is -2.23. The SMILES string of the molecule is O=C(O)c1nc(NC2CCCNC2=O)c2ccccc2n1. The van der Waals surface area contributed by atoms with E-state index in [9.17, 15) is 9.59 Å². The first-order valence-electron chi connectivity index (χ1n) is 6.69. The molecular formula is C14H14N4O3. The summed E-state index contributed by atoms with van der Waals surface area (Å²) in [5.74, 6) is -1.20. The van der Waals surface area contributed by atoms with E-state index in [1.165, 1.54) is 0 Å². The quantitative estimate of drug-likeness (QED) is 0.778. The van der Waals surface area contributed by atoms with Crippen LogP contribution < -0.4 is 10.6 Å². The van der Waals surface area contributed by atoms with Gasteiger partial charge in [-0.1, -0.05) is 12.1 Å². The van der Waals surface area contributed by atoms with Gasteiger partial charge in [0, 0.05) is 11.9 Å². The van der Waals surface area contributed by atoms with Crippen LogP contribution in [0.3, 0.4) is 0 Å². The molecule has 0 spiro atoms. The smallest absolute Gasteiger partial charge is 0.374 e. The first-order chi connectivity index (χ1) is 10.1. The maximum Gasteiger partial charge on any atom is 0.374 e. The first-order valence-corrected chi connectivity index (χ1v) is 6.69. The number of carbonyl (C=O) groups excluding carboxylic acids is 1. The van der Waals surface area contributed by atoms with Crippen molar-refractivity contribution in [2.24, 2.45) is 0 Å². The summed E-state index contributed by atoms with van der Waals surface area (Å²) < 4.78 is 0. The summed E-state index contributed by atoms with van der Waals surface area (Å²) in [6, 6.07) is 6.70. The van der Waals surface area contributed by atoms with Gasteiger partial charge in [0.05, 0.1) is 5.52 Å². The summed E-state index contributed by atoms with van der Waals surface area (Å²) in [4.78, 5) is 31.0. The molecule has 21 heavy (non-hydrogen) atoms. The van der Waals surface area contributed by atoms with Gasteiger partial charge in [-0.3, -0.25) is 4.79 Å². The van der Waals surface area contributed by atoms with E-state index in [4.69, 9.17) is 5.11 Å². The Balaban J connectivity index is 2.03. The number of fused-ring (bicyclic) bond motifs is 1. The molecule has 3 N–H and O–H groups in total. The number of hydrogen-bond donors (Lipinski definition) is 3. The highest BCUT2D eigenvalue weighted by Gasteiger charge is 2.23. The van der Waals surface area contributed by atoms with E-state index < -0.39 is 12.0 Å². The van der Waals surface area contributed by atoms with Crippen LogP contribution in [0, 0.1) is 0 Å². The number of rotatable bonds is 3. The molecule has 1 saturated heterocycles. The number of amides is 1. The van der Waals surface area contributed by atoms with E-state index >= 15 is 0 Å². The molecule has 1 aliphatic rings. The number of nitrogens with one attached hydrogen (secondary N) is 2. The first kappa shape index (κ1) is 13.3. The number of benzene rings is 1. The number of nitrogens with zero attached hydrogens (tertiary/aromatic N) is 2. The number of hydrogen-bond acceptors (Lipinski definition) is 5. The van der Waals surface area contributed by atoms with Crippen molar-refractivity contribution in [3.8, 4) is 0 Å². The zero-order chi connectivity index (χ0) is 14.8. The Labute approximate surface area is 120 Å². The second-order valence-corrected chi connectivity index (χ2v) is 4.85. The Morgan fingerprint density at radius 3 is 2.90 bits per heavy atom. The monoisotopic (exact) mass is 286 g/mol. The Bertz CT molecular complexity index is 716. The molecule has 1 unspecified atom stereocenters. The molecule has 1 amide bonds. The lowest BCUT2D eigenvalue weighted by molar-refractivity contribution is -0.123. The number of carboxylic acid groups (broad SMARTS) is 1. The minimum atomic E-state index is -1.20. The van der Waals surface area contributed by atoms with Crippen LogP contribution in [0.4, 0.5) is 5.82 Å². The van der Waals surface area contributed by atoms with Crippen LogP contribution in [0.1, 0.15) is 23.5 Å². The average molecular weight is 286 g/mol. The molecule has 1 aromatic heterocycles. The minimum absolute atomic E-state index is 0.0965. The molecule has 1 atom stereocenters. The average Bonchev–Trinajstić information content (AvgIpc) is 2.49. The lowest BCUT2D eigenvalue weighted by atomic mass is 10.1. The van der Waals surface area contributed by atoms with Crippen LogP contribution in [0.15, 0.2) is 24.3 Å². The highest BCUT2D eigenvalue weighted by atomic mass is 16.4. The van der Waals surface area contributed by atoms with Crippen molar-refractivity contribution in [2.45, 2.75) is 18.9 Å². The third kappa shape index (κ3) is 2.62. The Morgan fingerprint density at radius 1 is 1.33 bits per heavy atom. The minimum Gasteiger partial charge on any atom is -0.475 e. The van der Waals surface area contributed by atoms with Crippen molar-refractivity contribution in [3.63, 3.8) is 0 Å². The highest BCUT2D eigenvalue weighted by Crippen LogP contribution is 2.22. The van der Waals surface area contributed by atoms with Crippen molar-refractivity contribution in [3.05, 3.63) is 30.1 Å². The van der Waals surface area contributed by atoms with Crippen molar-refractivity contribution in [2.75, 3.05) is 11.9 Å². The Kier molecular flexibility index (Phi) is 3.39. The van der Waals surface area contributed by atoms with Crippen LogP contribution in [0.2, 0.25) is 0 Å². The van der Waals surface area contributed by atoms with Crippen LogP contribution in [-0.4, -0.2) is 39.5 Å². The molecule has 0 saturated carbocycles. The molecule has 1 aromatic carbocycles. The number of piperidine rings is 1. The molecule has 0 bridgehead atoms. The maximum atomic E-state index is 11.8. The molecule has 2 aromatic rings. The van der Waals surface area contributed by atoms with Gasteiger partial charge in [-0.2, -0.15) is 0 Å². The zero-order valence-electron chi connectivity index (χ0n) is 11.2. The van der Waals surface area contributed by atoms with Gasteiger partial charge in [-0.25, -0.2) is 14.8 Å². The van der Waals surface area contributed by atoms with Crippen LogP contribution >= 0.6 is 0 Å². The number of anilines is 1. The van der Waals surface area contributed by atoms with Gasteiger partial charge in [0.25, 0.3) is 0 Å². The summed E-state index contributed by atoms with van der Waals surface area (Å²) in [6.07, 6.45) is 1.56. The number of aromatic carboxylic acids is 1. The van der Waals surface area contributed by atoms with E-state index in [0.29, 0.717) is 29.7 Å². The summed E-state index contributed by atoms with van der Waals surface area (Å²) in [5.41, 5.74) is 0.531. The number of carbonyl (C=O) groups is 2. The van der Waals surface area contributed by atoms with Gasteiger partial charge in [0.2, 0.25) is 11.7 Å².